The molecule has 9 heteroatoms. The van der Waals surface area contributed by atoms with Crippen LogP contribution in [0.5, 0.6) is 0 Å². The van der Waals surface area contributed by atoms with Crippen molar-refractivity contribution in [2.24, 2.45) is 0 Å². The van der Waals surface area contributed by atoms with Crippen LogP contribution in [0.2, 0.25) is 0 Å². The lowest BCUT2D eigenvalue weighted by atomic mass is 10.6. The van der Waals surface area contributed by atoms with Gasteiger partial charge in [0.25, 0.3) is 0 Å². The predicted octanol–water partition coefficient (Wildman–Crippen LogP) is -0.177. The van der Waals surface area contributed by atoms with E-state index in [4.69, 9.17) is 10.3 Å². The van der Waals surface area contributed by atoms with Crippen molar-refractivity contribution in [2.75, 3.05) is 30.0 Å². The number of aromatic nitrogens is 5. The van der Waals surface area contributed by atoms with Crippen LogP contribution in [0.1, 0.15) is 11.7 Å². The van der Waals surface area contributed by atoms with Gasteiger partial charge in [0.05, 0.1) is 6.54 Å². The molecule has 2 heterocycles. The average Bonchev–Trinajstić information content (AvgIpc) is 2.72. The van der Waals surface area contributed by atoms with Gasteiger partial charge in [0, 0.05) is 14.1 Å². The number of hydrogen-bond donors (Lipinski definition) is 2. The summed E-state index contributed by atoms with van der Waals surface area (Å²) >= 11 is 0. The van der Waals surface area contributed by atoms with E-state index in [-0.39, 0.29) is 5.95 Å². The van der Waals surface area contributed by atoms with E-state index < -0.39 is 0 Å². The molecule has 96 valence electrons. The Kier molecular flexibility index (Phi) is 3.22. The standard InChI is InChI=1S/C9H14N8O/c1-5-12-6(18-16-5)4-11-8-13-7(10)14-9(15-8)17(2)3/h4H2,1-3H3,(H3,10,11,13,14,15). The Morgan fingerprint density at radius 2 is 2.00 bits per heavy atom. The van der Waals surface area contributed by atoms with Crippen LogP contribution in [-0.2, 0) is 6.54 Å². The molecule has 2 aromatic rings. The van der Waals surface area contributed by atoms with Gasteiger partial charge in [0.1, 0.15) is 0 Å². The number of hydrogen-bond acceptors (Lipinski definition) is 9. The number of rotatable bonds is 4. The topological polar surface area (TPSA) is 119 Å². The van der Waals surface area contributed by atoms with Crippen LogP contribution >= 0.6 is 0 Å². The van der Waals surface area contributed by atoms with Crippen molar-refractivity contribution in [3.05, 3.63) is 11.7 Å². The summed E-state index contributed by atoms with van der Waals surface area (Å²) in [6.45, 7) is 2.08. The molecule has 0 amide bonds. The van der Waals surface area contributed by atoms with E-state index in [1.165, 1.54) is 0 Å². The first-order valence-electron chi connectivity index (χ1n) is 5.26. The molecule has 2 aromatic heterocycles. The molecule has 0 aromatic carbocycles. The second-order valence-electron chi connectivity index (χ2n) is 3.80. The van der Waals surface area contributed by atoms with Crippen LogP contribution in [0.25, 0.3) is 0 Å². The molecule has 0 aliphatic carbocycles. The van der Waals surface area contributed by atoms with Crippen LogP contribution in [0.4, 0.5) is 17.8 Å². The molecule has 0 fully saturated rings. The highest BCUT2D eigenvalue weighted by atomic mass is 16.5. The first-order chi connectivity index (χ1) is 8.54. The van der Waals surface area contributed by atoms with Gasteiger partial charge in [-0.2, -0.15) is 19.9 Å². The Bertz CT molecular complexity index is 537. The SMILES string of the molecule is Cc1noc(CNc2nc(N)nc(N(C)C)n2)n1. The van der Waals surface area contributed by atoms with Crippen molar-refractivity contribution in [1.82, 2.24) is 25.1 Å². The highest BCUT2D eigenvalue weighted by Crippen LogP contribution is 2.09. The Morgan fingerprint density at radius 3 is 2.61 bits per heavy atom. The van der Waals surface area contributed by atoms with Crippen LogP contribution in [0.15, 0.2) is 4.52 Å². The van der Waals surface area contributed by atoms with Crippen molar-refractivity contribution in [3.8, 4) is 0 Å². The Hall–Kier alpha value is -2.45. The average molecular weight is 250 g/mol. The molecule has 0 atom stereocenters. The van der Waals surface area contributed by atoms with E-state index in [1.54, 1.807) is 11.8 Å². The zero-order chi connectivity index (χ0) is 13.1. The third kappa shape index (κ3) is 2.81. The second kappa shape index (κ2) is 4.82. The molecule has 0 radical (unpaired) electrons. The summed E-state index contributed by atoms with van der Waals surface area (Å²) in [4.78, 5) is 17.9. The normalized spacial score (nSPS) is 10.4. The summed E-state index contributed by atoms with van der Waals surface area (Å²) < 4.78 is 4.96. The van der Waals surface area contributed by atoms with E-state index in [0.717, 1.165) is 0 Å². The molecule has 0 spiro atoms. The fourth-order valence-corrected chi connectivity index (χ4v) is 1.23. The number of anilines is 3. The lowest BCUT2D eigenvalue weighted by Gasteiger charge is -2.11. The summed E-state index contributed by atoms with van der Waals surface area (Å²) in [5.41, 5.74) is 5.59. The first kappa shape index (κ1) is 12.0. The highest BCUT2D eigenvalue weighted by Gasteiger charge is 2.07. The quantitative estimate of drug-likeness (QED) is 0.761. The van der Waals surface area contributed by atoms with Gasteiger partial charge in [-0.1, -0.05) is 5.16 Å². The minimum absolute atomic E-state index is 0.151. The maximum Gasteiger partial charge on any atom is 0.246 e. The zero-order valence-electron chi connectivity index (χ0n) is 10.4. The molecule has 18 heavy (non-hydrogen) atoms. The molecule has 0 aliphatic rings. The lowest BCUT2D eigenvalue weighted by Crippen LogP contribution is -2.16. The summed E-state index contributed by atoms with van der Waals surface area (Å²) in [6, 6.07) is 0. The van der Waals surface area contributed by atoms with Crippen molar-refractivity contribution < 1.29 is 4.52 Å². The van der Waals surface area contributed by atoms with Gasteiger partial charge < -0.3 is 20.5 Å². The maximum atomic E-state index is 5.59. The third-order valence-corrected chi connectivity index (χ3v) is 2.01. The molecular formula is C9H14N8O. The fraction of sp³-hybridized carbons (Fsp3) is 0.444. The number of nitrogens with two attached hydrogens (primary N) is 1. The summed E-state index contributed by atoms with van der Waals surface area (Å²) in [7, 11) is 3.64. The molecular weight excluding hydrogens is 236 g/mol. The molecule has 0 unspecified atom stereocenters. The van der Waals surface area contributed by atoms with Crippen molar-refractivity contribution in [2.45, 2.75) is 13.5 Å². The molecule has 0 saturated carbocycles. The van der Waals surface area contributed by atoms with Gasteiger partial charge in [0.2, 0.25) is 23.7 Å². The van der Waals surface area contributed by atoms with Crippen LogP contribution < -0.4 is 16.0 Å². The summed E-state index contributed by atoms with van der Waals surface area (Å²) in [6.07, 6.45) is 0. The second-order valence-corrected chi connectivity index (χ2v) is 3.80. The smallest absolute Gasteiger partial charge is 0.246 e. The van der Waals surface area contributed by atoms with Gasteiger partial charge in [-0.15, -0.1) is 0 Å². The van der Waals surface area contributed by atoms with Gasteiger partial charge >= 0.3 is 0 Å². The van der Waals surface area contributed by atoms with Gasteiger partial charge in [-0.3, -0.25) is 0 Å². The van der Waals surface area contributed by atoms with E-state index in [9.17, 15) is 0 Å². The number of nitrogen functional groups attached to an aromatic ring is 1. The predicted molar refractivity (Wildman–Crippen MR) is 64.9 cm³/mol. The molecule has 0 bridgehead atoms. The van der Waals surface area contributed by atoms with E-state index in [1.807, 2.05) is 14.1 Å². The fourth-order valence-electron chi connectivity index (χ4n) is 1.23. The Morgan fingerprint density at radius 1 is 1.22 bits per heavy atom. The number of nitrogens with one attached hydrogen (secondary N) is 1. The first-order valence-corrected chi connectivity index (χ1v) is 5.26. The zero-order valence-corrected chi connectivity index (χ0v) is 10.4. The number of nitrogens with zero attached hydrogens (tertiary/aromatic N) is 6. The van der Waals surface area contributed by atoms with E-state index in [0.29, 0.717) is 30.2 Å². The van der Waals surface area contributed by atoms with Crippen LogP contribution in [-0.4, -0.2) is 39.2 Å². The summed E-state index contributed by atoms with van der Waals surface area (Å²) in [5, 5.41) is 6.63. The van der Waals surface area contributed by atoms with Gasteiger partial charge in [-0.25, -0.2) is 0 Å². The van der Waals surface area contributed by atoms with Gasteiger partial charge in [-0.05, 0) is 6.92 Å². The van der Waals surface area contributed by atoms with Crippen molar-refractivity contribution >= 4 is 17.8 Å². The monoisotopic (exact) mass is 250 g/mol. The maximum absolute atomic E-state index is 5.59. The lowest BCUT2D eigenvalue weighted by molar-refractivity contribution is 0.379. The van der Waals surface area contributed by atoms with Gasteiger partial charge in [0.15, 0.2) is 5.82 Å². The van der Waals surface area contributed by atoms with Crippen LogP contribution in [0.3, 0.4) is 0 Å². The third-order valence-electron chi connectivity index (χ3n) is 2.01. The largest absolute Gasteiger partial charge is 0.368 e. The summed E-state index contributed by atoms with van der Waals surface area (Å²) in [5.74, 6) is 2.03. The van der Waals surface area contributed by atoms with Crippen LogP contribution in [0, 0.1) is 6.92 Å². The molecule has 9 nitrogen and oxygen atoms in total. The molecule has 0 aliphatic heterocycles. The Balaban J connectivity index is 2.09. The van der Waals surface area contributed by atoms with Crippen molar-refractivity contribution in [1.29, 1.82) is 0 Å². The number of aryl methyl sites for hydroxylation is 1. The highest BCUT2D eigenvalue weighted by molar-refractivity contribution is 5.40. The molecule has 2 rings (SSSR count). The Labute approximate surface area is 103 Å². The molecule has 3 N–H and O–H groups in total. The van der Waals surface area contributed by atoms with E-state index >= 15 is 0 Å². The minimum Gasteiger partial charge on any atom is -0.368 e. The van der Waals surface area contributed by atoms with Crippen molar-refractivity contribution in [3.63, 3.8) is 0 Å². The minimum atomic E-state index is 0.151. The molecule has 0 saturated heterocycles. The van der Waals surface area contributed by atoms with E-state index in [2.05, 4.69) is 30.4 Å².